The Bertz CT molecular complexity index is 651. The van der Waals surface area contributed by atoms with E-state index < -0.39 is 37.1 Å². The van der Waals surface area contributed by atoms with Crippen LogP contribution in [-0.2, 0) is 10.0 Å². The van der Waals surface area contributed by atoms with Crippen molar-refractivity contribution >= 4 is 15.7 Å². The zero-order valence-electron chi connectivity index (χ0n) is 9.50. The van der Waals surface area contributed by atoms with Crippen LogP contribution in [0.1, 0.15) is 6.42 Å². The summed E-state index contributed by atoms with van der Waals surface area (Å²) < 4.78 is 41.1. The Kier molecular flexibility index (Phi) is 4.42. The molecule has 9 heteroatoms. The van der Waals surface area contributed by atoms with Gasteiger partial charge in [0.1, 0.15) is 4.90 Å². The molecule has 19 heavy (non-hydrogen) atoms. The third-order valence-corrected chi connectivity index (χ3v) is 2.92. The van der Waals surface area contributed by atoms with E-state index in [9.17, 15) is 22.9 Å². The van der Waals surface area contributed by atoms with Gasteiger partial charge in [-0.2, -0.15) is 0 Å². The fourth-order valence-corrected chi connectivity index (χ4v) is 1.92. The van der Waals surface area contributed by atoms with Gasteiger partial charge in [-0.05, 0) is 0 Å². The topological polar surface area (TPSA) is 113 Å². The van der Waals surface area contributed by atoms with E-state index in [2.05, 4.69) is 5.92 Å². The molecule has 0 amide bonds. The minimum Gasteiger partial charge on any atom is -0.488 e. The first kappa shape index (κ1) is 14.9. The van der Waals surface area contributed by atoms with E-state index >= 15 is 0 Å². The predicted molar refractivity (Wildman–Crippen MR) is 63.4 cm³/mol. The summed E-state index contributed by atoms with van der Waals surface area (Å²) >= 11 is 0. The second-order valence-corrected chi connectivity index (χ2v) is 4.89. The Hall–Kier alpha value is -2.18. The number of hydrogen-bond acceptors (Lipinski definition) is 5. The van der Waals surface area contributed by atoms with E-state index in [-0.39, 0.29) is 13.0 Å². The molecule has 1 aromatic rings. The van der Waals surface area contributed by atoms with Crippen LogP contribution in [0, 0.1) is 28.3 Å². The number of halogens is 1. The number of non-ortho nitro benzene ring substituents is 1. The normalized spacial score (nSPS) is 10.8. The van der Waals surface area contributed by atoms with Gasteiger partial charge in [0, 0.05) is 12.5 Å². The number of ether oxygens (including phenoxy) is 1. The molecule has 0 radical (unpaired) electrons. The number of primary sulfonamides is 1. The van der Waals surface area contributed by atoms with Gasteiger partial charge in [0.25, 0.3) is 5.69 Å². The van der Waals surface area contributed by atoms with Crippen molar-refractivity contribution in [3.05, 3.63) is 28.1 Å². The van der Waals surface area contributed by atoms with Crippen molar-refractivity contribution in [1.82, 2.24) is 0 Å². The van der Waals surface area contributed by atoms with Crippen molar-refractivity contribution in [2.24, 2.45) is 5.14 Å². The molecule has 0 atom stereocenters. The maximum absolute atomic E-state index is 13.6. The predicted octanol–water partition coefficient (Wildman–Crippen LogP) is 0.783. The molecule has 0 fully saturated rings. The number of hydrogen-bond donors (Lipinski definition) is 1. The molecule has 0 unspecified atom stereocenters. The van der Waals surface area contributed by atoms with Crippen LogP contribution >= 0.6 is 0 Å². The molecule has 0 heterocycles. The number of benzene rings is 1. The number of sulfonamides is 1. The SMILES string of the molecule is C#CCCOc1c(F)cc([N+](=O)[O-])cc1S(N)(=O)=O. The van der Waals surface area contributed by atoms with Crippen molar-refractivity contribution in [3.8, 4) is 18.1 Å². The van der Waals surface area contributed by atoms with E-state index in [1.165, 1.54) is 0 Å². The number of terminal acetylenes is 1. The average Bonchev–Trinajstić information content (AvgIpc) is 2.29. The third-order valence-electron chi connectivity index (χ3n) is 2.00. The highest BCUT2D eigenvalue weighted by atomic mass is 32.2. The monoisotopic (exact) mass is 288 g/mol. The molecule has 1 aromatic carbocycles. The van der Waals surface area contributed by atoms with Gasteiger partial charge in [-0.25, -0.2) is 17.9 Å². The van der Waals surface area contributed by atoms with Crippen molar-refractivity contribution in [3.63, 3.8) is 0 Å². The fourth-order valence-electron chi connectivity index (χ4n) is 1.22. The molecule has 0 aliphatic carbocycles. The number of rotatable bonds is 5. The third kappa shape index (κ3) is 3.64. The molecular weight excluding hydrogens is 279 g/mol. The van der Waals surface area contributed by atoms with Crippen molar-refractivity contribution in [2.45, 2.75) is 11.3 Å². The summed E-state index contributed by atoms with van der Waals surface area (Å²) in [4.78, 5) is 8.80. The average molecular weight is 288 g/mol. The Labute approximate surface area is 108 Å². The summed E-state index contributed by atoms with van der Waals surface area (Å²) in [6.45, 7) is -0.145. The largest absolute Gasteiger partial charge is 0.488 e. The van der Waals surface area contributed by atoms with E-state index in [0.29, 0.717) is 12.1 Å². The van der Waals surface area contributed by atoms with Gasteiger partial charge in [-0.15, -0.1) is 12.3 Å². The molecule has 0 saturated carbocycles. The molecule has 0 aliphatic heterocycles. The van der Waals surface area contributed by atoms with E-state index in [1.54, 1.807) is 0 Å². The van der Waals surface area contributed by atoms with Crippen molar-refractivity contribution in [2.75, 3.05) is 6.61 Å². The summed E-state index contributed by atoms with van der Waals surface area (Å²) in [7, 11) is -4.37. The highest BCUT2D eigenvalue weighted by Gasteiger charge is 2.24. The van der Waals surface area contributed by atoms with Crippen LogP contribution in [0.4, 0.5) is 10.1 Å². The standard InChI is InChI=1S/C10H9FN2O5S/c1-2-3-4-18-10-8(11)5-7(13(14)15)6-9(10)19(12,16)17/h1,5-6H,3-4H2,(H2,12,16,17). The molecule has 7 nitrogen and oxygen atoms in total. The summed E-state index contributed by atoms with van der Waals surface area (Å²) in [5.41, 5.74) is -0.745. The zero-order valence-corrected chi connectivity index (χ0v) is 10.3. The van der Waals surface area contributed by atoms with Gasteiger partial charge >= 0.3 is 0 Å². The van der Waals surface area contributed by atoms with E-state index in [4.69, 9.17) is 16.3 Å². The van der Waals surface area contributed by atoms with Crippen LogP contribution in [0.25, 0.3) is 0 Å². The molecule has 0 saturated heterocycles. The first-order valence-corrected chi connectivity index (χ1v) is 6.39. The maximum atomic E-state index is 13.6. The fraction of sp³-hybridized carbons (Fsp3) is 0.200. The molecule has 0 aliphatic rings. The smallest absolute Gasteiger partial charge is 0.274 e. The van der Waals surface area contributed by atoms with Gasteiger partial charge in [-0.3, -0.25) is 10.1 Å². The lowest BCUT2D eigenvalue weighted by atomic mass is 10.3. The lowest BCUT2D eigenvalue weighted by Crippen LogP contribution is -2.15. The van der Waals surface area contributed by atoms with Gasteiger partial charge in [0.15, 0.2) is 11.6 Å². The molecule has 102 valence electrons. The van der Waals surface area contributed by atoms with Crippen LogP contribution < -0.4 is 9.88 Å². The Morgan fingerprint density at radius 3 is 2.63 bits per heavy atom. The highest BCUT2D eigenvalue weighted by molar-refractivity contribution is 7.89. The second kappa shape index (κ2) is 5.64. The molecule has 2 N–H and O–H groups in total. The van der Waals surface area contributed by atoms with Crippen LogP contribution in [0.15, 0.2) is 17.0 Å². The number of nitrogens with two attached hydrogens (primary N) is 1. The molecule has 1 rings (SSSR count). The van der Waals surface area contributed by atoms with Crippen molar-refractivity contribution in [1.29, 1.82) is 0 Å². The number of nitro benzene ring substituents is 1. The van der Waals surface area contributed by atoms with Gasteiger partial charge in [0.2, 0.25) is 10.0 Å². The summed E-state index contributed by atoms with van der Waals surface area (Å²) in [6.07, 6.45) is 5.07. The van der Waals surface area contributed by atoms with E-state index in [0.717, 1.165) is 0 Å². The lowest BCUT2D eigenvalue weighted by Gasteiger charge is -2.10. The Morgan fingerprint density at radius 1 is 1.53 bits per heavy atom. The maximum Gasteiger partial charge on any atom is 0.274 e. The quantitative estimate of drug-likeness (QED) is 0.372. The van der Waals surface area contributed by atoms with Crippen LogP contribution in [0.3, 0.4) is 0 Å². The molecule has 0 aromatic heterocycles. The second-order valence-electron chi connectivity index (χ2n) is 3.36. The lowest BCUT2D eigenvalue weighted by molar-refractivity contribution is -0.385. The van der Waals surface area contributed by atoms with Crippen LogP contribution in [0.5, 0.6) is 5.75 Å². The first-order valence-electron chi connectivity index (χ1n) is 4.84. The van der Waals surface area contributed by atoms with E-state index in [1.807, 2.05) is 0 Å². The molecule has 0 bridgehead atoms. The van der Waals surface area contributed by atoms with Crippen LogP contribution in [0.2, 0.25) is 0 Å². The number of nitrogens with zero attached hydrogens (tertiary/aromatic N) is 1. The Balaban J connectivity index is 3.37. The minimum absolute atomic E-state index is 0.112. The minimum atomic E-state index is -4.37. The molecule has 0 spiro atoms. The van der Waals surface area contributed by atoms with Crippen LogP contribution in [-0.4, -0.2) is 19.9 Å². The summed E-state index contributed by atoms with van der Waals surface area (Å²) in [5.74, 6) is 0.333. The van der Waals surface area contributed by atoms with Gasteiger partial charge < -0.3 is 4.74 Å². The van der Waals surface area contributed by atoms with Gasteiger partial charge in [-0.1, -0.05) is 0 Å². The van der Waals surface area contributed by atoms with Gasteiger partial charge in [0.05, 0.1) is 17.6 Å². The summed E-state index contributed by atoms with van der Waals surface area (Å²) in [5, 5.41) is 15.4. The highest BCUT2D eigenvalue weighted by Crippen LogP contribution is 2.31. The Morgan fingerprint density at radius 2 is 2.16 bits per heavy atom. The molecular formula is C10H9FN2O5S. The first-order chi connectivity index (χ1) is 8.77. The zero-order chi connectivity index (χ0) is 14.6. The number of nitro groups is 1. The van der Waals surface area contributed by atoms with Crippen molar-refractivity contribution < 1.29 is 22.5 Å². The summed E-state index contributed by atoms with van der Waals surface area (Å²) in [6, 6.07) is 1.17.